The summed E-state index contributed by atoms with van der Waals surface area (Å²) >= 11 is 0. The van der Waals surface area contributed by atoms with Gasteiger partial charge in [0, 0.05) is 36.7 Å². The van der Waals surface area contributed by atoms with Crippen LogP contribution in [0.15, 0.2) is 22.7 Å². The first-order valence-corrected chi connectivity index (χ1v) is 6.78. The smallest absolute Gasteiger partial charge is 0.270 e. The maximum atomic E-state index is 10.8. The van der Waals surface area contributed by atoms with Crippen molar-refractivity contribution in [3.63, 3.8) is 0 Å². The third-order valence-corrected chi connectivity index (χ3v) is 3.03. The molecule has 1 aromatic heterocycles. The first-order valence-electron chi connectivity index (χ1n) is 6.78. The van der Waals surface area contributed by atoms with E-state index >= 15 is 0 Å². The molecule has 0 aliphatic carbocycles. The molecule has 0 saturated heterocycles. The predicted molar refractivity (Wildman–Crippen MR) is 78.0 cm³/mol. The largest absolute Gasteiger partial charge is 0.339 e. The summed E-state index contributed by atoms with van der Waals surface area (Å²) < 4.78 is 5.19. The van der Waals surface area contributed by atoms with Crippen LogP contribution in [0, 0.1) is 17.0 Å². The zero-order chi connectivity index (χ0) is 15.4. The van der Waals surface area contributed by atoms with Crippen LogP contribution in [0.3, 0.4) is 0 Å². The van der Waals surface area contributed by atoms with Gasteiger partial charge < -0.3 is 9.84 Å². The van der Waals surface area contributed by atoms with Crippen molar-refractivity contribution in [2.24, 2.45) is 0 Å². The Bertz CT molecular complexity index is 637. The van der Waals surface area contributed by atoms with Crippen LogP contribution in [-0.2, 0) is 6.42 Å². The number of benzene rings is 1. The zero-order valence-corrected chi connectivity index (χ0v) is 12.3. The molecule has 1 aromatic carbocycles. The second-order valence-electron chi connectivity index (χ2n) is 5.13. The summed E-state index contributed by atoms with van der Waals surface area (Å²) in [7, 11) is 0. The first-order chi connectivity index (χ1) is 9.97. The number of hydrogen-bond acceptors (Lipinski definition) is 6. The van der Waals surface area contributed by atoms with Crippen molar-refractivity contribution in [2.45, 2.75) is 33.2 Å². The summed E-state index contributed by atoms with van der Waals surface area (Å²) in [6.45, 7) is 6.72. The molecule has 0 bridgehead atoms. The van der Waals surface area contributed by atoms with Gasteiger partial charge in [0.1, 0.15) is 0 Å². The summed E-state index contributed by atoms with van der Waals surface area (Å²) in [6, 6.07) is 5.01. The van der Waals surface area contributed by atoms with Gasteiger partial charge in [0.15, 0.2) is 0 Å². The third kappa shape index (κ3) is 3.85. The zero-order valence-electron chi connectivity index (χ0n) is 12.3. The second kappa shape index (κ2) is 6.45. The van der Waals surface area contributed by atoms with Crippen molar-refractivity contribution in [3.8, 4) is 11.4 Å². The minimum Gasteiger partial charge on any atom is -0.339 e. The van der Waals surface area contributed by atoms with E-state index in [9.17, 15) is 10.1 Å². The van der Waals surface area contributed by atoms with Crippen molar-refractivity contribution in [1.29, 1.82) is 0 Å². The van der Waals surface area contributed by atoms with Gasteiger partial charge in [0.05, 0.1) is 4.92 Å². The van der Waals surface area contributed by atoms with Gasteiger partial charge in [0.2, 0.25) is 11.7 Å². The third-order valence-electron chi connectivity index (χ3n) is 3.03. The monoisotopic (exact) mass is 290 g/mol. The average molecular weight is 290 g/mol. The van der Waals surface area contributed by atoms with Crippen LogP contribution >= 0.6 is 0 Å². The van der Waals surface area contributed by atoms with Gasteiger partial charge in [-0.25, -0.2) is 0 Å². The Morgan fingerprint density at radius 2 is 2.19 bits per heavy atom. The van der Waals surface area contributed by atoms with E-state index in [1.807, 2.05) is 6.92 Å². The molecule has 0 fully saturated rings. The number of nitro benzene ring substituents is 1. The molecule has 112 valence electrons. The van der Waals surface area contributed by atoms with Gasteiger partial charge in [-0.1, -0.05) is 25.1 Å². The van der Waals surface area contributed by atoms with Crippen molar-refractivity contribution < 1.29 is 9.45 Å². The summed E-state index contributed by atoms with van der Waals surface area (Å²) in [4.78, 5) is 14.7. The first kappa shape index (κ1) is 15.1. The number of rotatable bonds is 6. The Balaban J connectivity index is 2.17. The molecule has 21 heavy (non-hydrogen) atoms. The Labute approximate surface area is 122 Å². The van der Waals surface area contributed by atoms with Gasteiger partial charge in [-0.05, 0) is 12.5 Å². The summed E-state index contributed by atoms with van der Waals surface area (Å²) in [5, 5.41) is 18.0. The van der Waals surface area contributed by atoms with Crippen LogP contribution < -0.4 is 5.32 Å². The minimum atomic E-state index is -0.434. The molecule has 0 saturated carbocycles. The van der Waals surface area contributed by atoms with Crippen molar-refractivity contribution in [2.75, 3.05) is 6.54 Å². The highest BCUT2D eigenvalue weighted by Crippen LogP contribution is 2.25. The molecule has 1 N–H and O–H groups in total. The lowest BCUT2D eigenvalue weighted by Crippen LogP contribution is -2.25. The van der Waals surface area contributed by atoms with Gasteiger partial charge in [-0.2, -0.15) is 4.98 Å². The van der Waals surface area contributed by atoms with Crippen LogP contribution in [0.2, 0.25) is 0 Å². The normalized spacial score (nSPS) is 11.0. The predicted octanol–water partition coefficient (Wildman–Crippen LogP) is 2.49. The van der Waals surface area contributed by atoms with Crippen LogP contribution in [0.1, 0.15) is 25.3 Å². The highest BCUT2D eigenvalue weighted by atomic mass is 16.6. The van der Waals surface area contributed by atoms with E-state index < -0.39 is 4.92 Å². The number of nitrogens with one attached hydrogen (secondary N) is 1. The summed E-state index contributed by atoms with van der Waals surface area (Å²) in [5.74, 6) is 0.903. The Hall–Kier alpha value is -2.28. The van der Waals surface area contributed by atoms with E-state index in [1.54, 1.807) is 6.07 Å². The fraction of sp³-hybridized carbons (Fsp3) is 0.429. The molecule has 0 amide bonds. The van der Waals surface area contributed by atoms with Crippen LogP contribution in [0.5, 0.6) is 0 Å². The Kier molecular flexibility index (Phi) is 4.64. The van der Waals surface area contributed by atoms with Gasteiger partial charge >= 0.3 is 0 Å². The average Bonchev–Trinajstić information content (AvgIpc) is 2.87. The molecule has 0 aliphatic heterocycles. The van der Waals surface area contributed by atoms with Crippen molar-refractivity contribution >= 4 is 5.69 Å². The summed E-state index contributed by atoms with van der Waals surface area (Å²) in [5.41, 5.74) is 1.51. The molecule has 0 spiro atoms. The fourth-order valence-corrected chi connectivity index (χ4v) is 1.90. The maximum Gasteiger partial charge on any atom is 0.270 e. The second-order valence-corrected chi connectivity index (χ2v) is 5.13. The van der Waals surface area contributed by atoms with Crippen LogP contribution in [0.4, 0.5) is 5.69 Å². The molecule has 0 unspecified atom stereocenters. The molecule has 0 atom stereocenters. The van der Waals surface area contributed by atoms with Gasteiger partial charge in [0.25, 0.3) is 5.69 Å². The lowest BCUT2D eigenvalue weighted by Gasteiger charge is -2.04. The lowest BCUT2D eigenvalue weighted by atomic mass is 10.1. The summed E-state index contributed by atoms with van der Waals surface area (Å²) in [6.07, 6.45) is 0.624. The van der Waals surface area contributed by atoms with Crippen molar-refractivity contribution in [3.05, 3.63) is 39.8 Å². The van der Waals surface area contributed by atoms with Crippen LogP contribution in [0.25, 0.3) is 11.4 Å². The highest BCUT2D eigenvalue weighted by molar-refractivity contribution is 5.63. The molecule has 7 nitrogen and oxygen atoms in total. The highest BCUT2D eigenvalue weighted by Gasteiger charge is 2.15. The quantitative estimate of drug-likeness (QED) is 0.649. The minimum absolute atomic E-state index is 0.0171. The SMILES string of the molecule is Cc1ccc([N+](=O)[O-])cc1-c1noc(CCNC(C)C)n1. The molecule has 1 heterocycles. The maximum absolute atomic E-state index is 10.8. The molecule has 2 aromatic rings. The number of aryl methyl sites for hydroxylation is 1. The molecule has 0 aliphatic rings. The van der Waals surface area contributed by atoms with Crippen LogP contribution in [-0.4, -0.2) is 27.7 Å². The van der Waals surface area contributed by atoms with Gasteiger partial charge in [-0.3, -0.25) is 10.1 Å². The molecule has 7 heteroatoms. The Morgan fingerprint density at radius 3 is 2.86 bits per heavy atom. The number of nitro groups is 1. The van der Waals surface area contributed by atoms with Gasteiger partial charge in [-0.15, -0.1) is 0 Å². The molecule has 0 radical (unpaired) electrons. The van der Waals surface area contributed by atoms with E-state index in [0.29, 0.717) is 29.7 Å². The molecule has 2 rings (SSSR count). The number of hydrogen-bond donors (Lipinski definition) is 1. The standard InChI is InChI=1S/C14H18N4O3/c1-9(2)15-7-6-13-16-14(17-21-13)12-8-11(18(19)20)5-4-10(12)3/h4-5,8-9,15H,6-7H2,1-3H3. The van der Waals surface area contributed by atoms with E-state index in [2.05, 4.69) is 29.3 Å². The number of nitrogens with zero attached hydrogens (tertiary/aromatic N) is 3. The van der Waals surface area contributed by atoms with E-state index in [1.165, 1.54) is 12.1 Å². The van der Waals surface area contributed by atoms with E-state index in [4.69, 9.17) is 4.52 Å². The molecular weight excluding hydrogens is 272 g/mol. The number of aromatic nitrogens is 2. The topological polar surface area (TPSA) is 94.1 Å². The lowest BCUT2D eigenvalue weighted by molar-refractivity contribution is -0.384. The molecular formula is C14H18N4O3. The number of non-ortho nitro benzene ring substituents is 1. The van der Waals surface area contributed by atoms with E-state index in [0.717, 1.165) is 12.1 Å². The fourth-order valence-electron chi connectivity index (χ4n) is 1.90. The van der Waals surface area contributed by atoms with Crippen molar-refractivity contribution in [1.82, 2.24) is 15.5 Å². The van der Waals surface area contributed by atoms with E-state index in [-0.39, 0.29) is 5.69 Å². The Morgan fingerprint density at radius 1 is 1.43 bits per heavy atom.